The van der Waals surface area contributed by atoms with Crippen molar-refractivity contribution in [2.24, 2.45) is 0 Å². The lowest BCUT2D eigenvalue weighted by atomic mass is 10.1. The summed E-state index contributed by atoms with van der Waals surface area (Å²) in [6.07, 6.45) is 1.75. The third-order valence-electron chi connectivity index (χ3n) is 2.19. The zero-order valence-corrected chi connectivity index (χ0v) is 10.8. The zero-order chi connectivity index (χ0) is 12.2. The van der Waals surface area contributed by atoms with Gasteiger partial charge in [0.1, 0.15) is 6.33 Å². The molecule has 0 radical (unpaired) electrons. The Bertz CT molecular complexity index is 316. The minimum atomic E-state index is 0.0869. The molecule has 0 amide bonds. The summed E-state index contributed by atoms with van der Waals surface area (Å²) < 4.78 is 6.91. The van der Waals surface area contributed by atoms with Gasteiger partial charge in [-0.1, -0.05) is 0 Å². The normalized spacial score (nSPS) is 14.1. The van der Waals surface area contributed by atoms with Gasteiger partial charge in [0.15, 0.2) is 5.82 Å². The maximum Gasteiger partial charge on any atom is 0.164 e. The summed E-state index contributed by atoms with van der Waals surface area (Å²) in [5, 5.41) is 7.75. The van der Waals surface area contributed by atoms with Crippen LogP contribution in [0.15, 0.2) is 6.33 Å². The van der Waals surface area contributed by atoms with Crippen LogP contribution in [0.4, 0.5) is 0 Å². The van der Waals surface area contributed by atoms with Crippen LogP contribution in [-0.2, 0) is 11.3 Å². The van der Waals surface area contributed by atoms with E-state index in [0.717, 1.165) is 5.82 Å². The van der Waals surface area contributed by atoms with Crippen molar-refractivity contribution in [3.05, 3.63) is 12.2 Å². The van der Waals surface area contributed by atoms with Crippen LogP contribution in [0.25, 0.3) is 0 Å². The van der Waals surface area contributed by atoms with Crippen molar-refractivity contribution in [3.8, 4) is 0 Å². The molecule has 0 fully saturated rings. The second kappa shape index (κ2) is 5.41. The first-order valence-corrected chi connectivity index (χ1v) is 5.56. The average molecular weight is 226 g/mol. The molecule has 0 bridgehead atoms. The quantitative estimate of drug-likeness (QED) is 0.824. The molecule has 0 aromatic carbocycles. The van der Waals surface area contributed by atoms with Crippen molar-refractivity contribution in [1.29, 1.82) is 0 Å². The first-order valence-electron chi connectivity index (χ1n) is 5.56. The molecule has 5 heteroatoms. The number of ether oxygens (including phenoxy) is 1. The van der Waals surface area contributed by atoms with E-state index in [4.69, 9.17) is 4.74 Å². The summed E-state index contributed by atoms with van der Waals surface area (Å²) in [5.41, 5.74) is 0.0869. The van der Waals surface area contributed by atoms with E-state index in [1.165, 1.54) is 0 Å². The molecule has 1 atom stereocenters. The van der Waals surface area contributed by atoms with Crippen molar-refractivity contribution in [1.82, 2.24) is 20.1 Å². The van der Waals surface area contributed by atoms with Crippen LogP contribution in [0.3, 0.4) is 0 Å². The summed E-state index contributed by atoms with van der Waals surface area (Å²) >= 11 is 0. The second-order valence-corrected chi connectivity index (χ2v) is 5.05. The second-order valence-electron chi connectivity index (χ2n) is 5.05. The molecule has 0 aliphatic carbocycles. The Labute approximate surface area is 97.2 Å². The molecule has 0 aliphatic heterocycles. The highest BCUT2D eigenvalue weighted by molar-refractivity contribution is 4.85. The summed E-state index contributed by atoms with van der Waals surface area (Å²) in [4.78, 5) is 4.26. The van der Waals surface area contributed by atoms with Gasteiger partial charge in [-0.15, -0.1) is 0 Å². The lowest BCUT2D eigenvalue weighted by molar-refractivity contribution is 0.156. The van der Waals surface area contributed by atoms with Gasteiger partial charge >= 0.3 is 0 Å². The number of aromatic nitrogens is 3. The molecule has 5 nitrogen and oxygen atoms in total. The molecule has 0 spiro atoms. The Kier molecular flexibility index (Phi) is 4.44. The van der Waals surface area contributed by atoms with Crippen LogP contribution in [0.2, 0.25) is 0 Å². The van der Waals surface area contributed by atoms with Crippen LogP contribution in [0.5, 0.6) is 0 Å². The first kappa shape index (κ1) is 13.1. The van der Waals surface area contributed by atoms with E-state index in [9.17, 15) is 0 Å². The number of hydrogen-bond donors (Lipinski definition) is 1. The molecule has 1 rings (SSSR count). The fourth-order valence-corrected chi connectivity index (χ4v) is 1.27. The fourth-order valence-electron chi connectivity index (χ4n) is 1.27. The standard InChI is InChI=1S/C11H22N4O/c1-9(7-16-5)15-8-12-10(14-15)6-13-11(2,3)4/h8-9,13H,6-7H2,1-5H3. The minimum absolute atomic E-state index is 0.0869. The zero-order valence-electron chi connectivity index (χ0n) is 10.8. The Morgan fingerprint density at radius 2 is 2.19 bits per heavy atom. The van der Waals surface area contributed by atoms with E-state index >= 15 is 0 Å². The van der Waals surface area contributed by atoms with Crippen LogP contribution in [0, 0.1) is 0 Å². The SMILES string of the molecule is COCC(C)n1cnc(CNC(C)(C)C)n1. The third-order valence-corrected chi connectivity index (χ3v) is 2.19. The summed E-state index contributed by atoms with van der Waals surface area (Å²) in [6, 6.07) is 0.223. The van der Waals surface area contributed by atoms with Crippen molar-refractivity contribution >= 4 is 0 Å². The predicted molar refractivity (Wildman–Crippen MR) is 63.2 cm³/mol. The van der Waals surface area contributed by atoms with Gasteiger partial charge < -0.3 is 10.1 Å². The van der Waals surface area contributed by atoms with E-state index in [0.29, 0.717) is 13.2 Å². The molecule has 0 aliphatic rings. The molecule has 1 unspecified atom stereocenters. The monoisotopic (exact) mass is 226 g/mol. The molecule has 1 N–H and O–H groups in total. The molecular weight excluding hydrogens is 204 g/mol. The van der Waals surface area contributed by atoms with Crippen LogP contribution >= 0.6 is 0 Å². The lowest BCUT2D eigenvalue weighted by Gasteiger charge is -2.19. The molecule has 0 saturated heterocycles. The van der Waals surface area contributed by atoms with Crippen LogP contribution in [0.1, 0.15) is 39.6 Å². The van der Waals surface area contributed by atoms with E-state index < -0.39 is 0 Å². The number of rotatable bonds is 5. The topological polar surface area (TPSA) is 52.0 Å². The number of nitrogens with one attached hydrogen (secondary N) is 1. The van der Waals surface area contributed by atoms with E-state index in [1.807, 2.05) is 4.68 Å². The molecule has 92 valence electrons. The Morgan fingerprint density at radius 1 is 1.50 bits per heavy atom. The van der Waals surface area contributed by atoms with Gasteiger partial charge in [0.25, 0.3) is 0 Å². The highest BCUT2D eigenvalue weighted by atomic mass is 16.5. The Balaban J connectivity index is 2.51. The maximum absolute atomic E-state index is 5.08. The highest BCUT2D eigenvalue weighted by Crippen LogP contribution is 2.05. The first-order chi connectivity index (χ1) is 7.42. The third kappa shape index (κ3) is 4.28. The summed E-state index contributed by atoms with van der Waals surface area (Å²) in [7, 11) is 1.69. The van der Waals surface area contributed by atoms with Crippen LogP contribution < -0.4 is 5.32 Å². The van der Waals surface area contributed by atoms with Gasteiger partial charge in [0.05, 0.1) is 19.2 Å². The van der Waals surface area contributed by atoms with Crippen molar-refractivity contribution in [2.45, 2.75) is 45.8 Å². The summed E-state index contributed by atoms with van der Waals surface area (Å²) in [6.45, 7) is 9.76. The molecule has 1 aromatic rings. The number of hydrogen-bond acceptors (Lipinski definition) is 4. The maximum atomic E-state index is 5.08. The molecule has 1 heterocycles. The van der Waals surface area contributed by atoms with Gasteiger partial charge in [-0.3, -0.25) is 0 Å². The Morgan fingerprint density at radius 3 is 2.75 bits per heavy atom. The smallest absolute Gasteiger partial charge is 0.164 e. The van der Waals surface area contributed by atoms with Gasteiger partial charge in [-0.2, -0.15) is 5.10 Å². The van der Waals surface area contributed by atoms with Crippen LogP contribution in [-0.4, -0.2) is 34.0 Å². The number of methoxy groups -OCH3 is 1. The van der Waals surface area contributed by atoms with Gasteiger partial charge in [0.2, 0.25) is 0 Å². The molecular formula is C11H22N4O. The highest BCUT2D eigenvalue weighted by Gasteiger charge is 2.11. The summed E-state index contributed by atoms with van der Waals surface area (Å²) in [5.74, 6) is 0.817. The fraction of sp³-hybridized carbons (Fsp3) is 0.818. The average Bonchev–Trinajstić information content (AvgIpc) is 2.62. The van der Waals surface area contributed by atoms with Gasteiger partial charge in [0, 0.05) is 12.6 Å². The molecule has 16 heavy (non-hydrogen) atoms. The number of nitrogens with zero attached hydrogens (tertiary/aromatic N) is 3. The van der Waals surface area contributed by atoms with E-state index in [2.05, 4.69) is 43.1 Å². The van der Waals surface area contributed by atoms with Crippen molar-refractivity contribution in [2.75, 3.05) is 13.7 Å². The van der Waals surface area contributed by atoms with E-state index in [1.54, 1.807) is 13.4 Å². The molecule has 0 saturated carbocycles. The largest absolute Gasteiger partial charge is 0.382 e. The van der Waals surface area contributed by atoms with Gasteiger partial charge in [-0.05, 0) is 27.7 Å². The van der Waals surface area contributed by atoms with Gasteiger partial charge in [-0.25, -0.2) is 9.67 Å². The van der Waals surface area contributed by atoms with Crippen molar-refractivity contribution < 1.29 is 4.74 Å². The minimum Gasteiger partial charge on any atom is -0.382 e. The predicted octanol–water partition coefficient (Wildman–Crippen LogP) is 1.37. The Hall–Kier alpha value is -0.940. The lowest BCUT2D eigenvalue weighted by Crippen LogP contribution is -2.35. The molecule has 1 aromatic heterocycles. The van der Waals surface area contributed by atoms with Crippen molar-refractivity contribution in [3.63, 3.8) is 0 Å². The van der Waals surface area contributed by atoms with E-state index in [-0.39, 0.29) is 11.6 Å².